The number of hydrogen-bond acceptors (Lipinski definition) is 2. The van der Waals surface area contributed by atoms with Crippen molar-refractivity contribution < 1.29 is 9.31 Å². The Hall–Kier alpha value is -0.275. The van der Waals surface area contributed by atoms with E-state index in [1.165, 1.54) is 11.9 Å². The molecule has 1 aliphatic carbocycles. The molecule has 0 amide bonds. The van der Waals surface area contributed by atoms with Gasteiger partial charge in [0.05, 0.1) is 0 Å². The topological polar surface area (TPSA) is 18.5 Å². The van der Waals surface area contributed by atoms with Crippen LogP contribution in [0.2, 0.25) is 0 Å². The summed E-state index contributed by atoms with van der Waals surface area (Å²) in [5.41, 5.74) is 1.28. The second-order valence-electron chi connectivity index (χ2n) is 2.12. The smallest absolute Gasteiger partial charge is 0.410 e. The van der Waals surface area contributed by atoms with E-state index in [-0.39, 0.29) is 7.12 Å². The fraction of sp³-hybridized carbons (Fsp3) is 0.667. The Bertz CT molecular complexity index is 118. The summed E-state index contributed by atoms with van der Waals surface area (Å²) < 4.78 is 10.0. The molecule has 0 saturated carbocycles. The lowest BCUT2D eigenvalue weighted by Gasteiger charge is -2.17. The summed E-state index contributed by atoms with van der Waals surface area (Å²) in [6, 6.07) is 0. The Labute approximate surface area is 56.0 Å². The van der Waals surface area contributed by atoms with Crippen LogP contribution in [0.5, 0.6) is 0 Å². The van der Waals surface area contributed by atoms with Crippen molar-refractivity contribution in [2.75, 3.05) is 14.2 Å². The summed E-state index contributed by atoms with van der Waals surface area (Å²) in [5.74, 6) is 0. The van der Waals surface area contributed by atoms with Gasteiger partial charge in [-0.3, -0.25) is 0 Å². The molecule has 50 valence electrons. The van der Waals surface area contributed by atoms with Crippen LogP contribution in [0.15, 0.2) is 11.5 Å². The lowest BCUT2D eigenvalue weighted by atomic mass is 9.70. The zero-order chi connectivity index (χ0) is 6.69. The van der Waals surface area contributed by atoms with Crippen molar-refractivity contribution in [2.45, 2.75) is 12.8 Å². The van der Waals surface area contributed by atoms with E-state index < -0.39 is 0 Å². The Kier molecular flexibility index (Phi) is 2.31. The molecule has 0 aromatic carbocycles. The highest BCUT2D eigenvalue weighted by molar-refractivity contribution is 6.53. The van der Waals surface area contributed by atoms with E-state index in [1.807, 2.05) is 0 Å². The fourth-order valence-electron chi connectivity index (χ4n) is 0.924. The highest BCUT2D eigenvalue weighted by Gasteiger charge is 2.23. The van der Waals surface area contributed by atoms with Crippen LogP contribution in [-0.2, 0) is 9.31 Å². The predicted octanol–water partition coefficient (Wildman–Crippen LogP) is 1.03. The minimum Gasteiger partial charge on any atom is -0.410 e. The normalized spacial score (nSPS) is 16.4. The van der Waals surface area contributed by atoms with E-state index in [2.05, 4.69) is 6.08 Å². The standard InChI is InChI=1S/C6H11BO2/c1-8-7(9-2)6-4-3-5-6/h4H,3,5H2,1-2H3. The maximum Gasteiger partial charge on any atom is 0.488 e. The largest absolute Gasteiger partial charge is 0.488 e. The molecule has 0 radical (unpaired) electrons. The zero-order valence-corrected chi connectivity index (χ0v) is 5.89. The van der Waals surface area contributed by atoms with Gasteiger partial charge in [-0.1, -0.05) is 6.08 Å². The summed E-state index contributed by atoms with van der Waals surface area (Å²) in [7, 11) is 3.24. The maximum absolute atomic E-state index is 5.01. The lowest BCUT2D eigenvalue weighted by Crippen LogP contribution is -2.25. The molecule has 0 fully saturated rings. The fourth-order valence-corrected chi connectivity index (χ4v) is 0.924. The Morgan fingerprint density at radius 3 is 2.11 bits per heavy atom. The molecule has 0 spiro atoms. The average Bonchev–Trinajstić information content (AvgIpc) is 1.78. The van der Waals surface area contributed by atoms with E-state index >= 15 is 0 Å². The average molecular weight is 126 g/mol. The molecule has 0 heterocycles. The third kappa shape index (κ3) is 1.34. The molecule has 0 N–H and O–H groups in total. The van der Waals surface area contributed by atoms with Gasteiger partial charge in [0.15, 0.2) is 0 Å². The first-order chi connectivity index (χ1) is 4.38. The van der Waals surface area contributed by atoms with E-state index in [1.54, 1.807) is 14.2 Å². The second-order valence-corrected chi connectivity index (χ2v) is 2.12. The van der Waals surface area contributed by atoms with Crippen LogP contribution in [0.4, 0.5) is 0 Å². The molecular weight excluding hydrogens is 115 g/mol. The van der Waals surface area contributed by atoms with Gasteiger partial charge in [0.1, 0.15) is 0 Å². The van der Waals surface area contributed by atoms with E-state index in [9.17, 15) is 0 Å². The van der Waals surface area contributed by atoms with E-state index in [0.717, 1.165) is 6.42 Å². The van der Waals surface area contributed by atoms with Gasteiger partial charge in [0.25, 0.3) is 0 Å². The van der Waals surface area contributed by atoms with Crippen molar-refractivity contribution in [2.24, 2.45) is 0 Å². The van der Waals surface area contributed by atoms with Gasteiger partial charge in [0, 0.05) is 14.2 Å². The second kappa shape index (κ2) is 3.04. The monoisotopic (exact) mass is 126 g/mol. The Morgan fingerprint density at radius 2 is 2.00 bits per heavy atom. The summed E-state index contributed by atoms with van der Waals surface area (Å²) in [6.07, 6.45) is 4.46. The van der Waals surface area contributed by atoms with Gasteiger partial charge in [-0.05, 0) is 18.3 Å². The summed E-state index contributed by atoms with van der Waals surface area (Å²) >= 11 is 0. The van der Waals surface area contributed by atoms with Crippen molar-refractivity contribution >= 4 is 7.12 Å². The summed E-state index contributed by atoms with van der Waals surface area (Å²) in [5, 5.41) is 0. The quantitative estimate of drug-likeness (QED) is 0.525. The molecule has 0 unspecified atom stereocenters. The molecule has 1 rings (SSSR count). The molecule has 0 bridgehead atoms. The van der Waals surface area contributed by atoms with Crippen LogP contribution in [-0.4, -0.2) is 21.3 Å². The van der Waals surface area contributed by atoms with Crippen molar-refractivity contribution in [1.82, 2.24) is 0 Å². The minimum absolute atomic E-state index is 0.0845. The Morgan fingerprint density at radius 1 is 1.44 bits per heavy atom. The van der Waals surface area contributed by atoms with Gasteiger partial charge in [-0.15, -0.1) is 0 Å². The minimum atomic E-state index is -0.0845. The van der Waals surface area contributed by atoms with Crippen LogP contribution in [0, 0.1) is 0 Å². The number of allylic oxidation sites excluding steroid dienone is 2. The van der Waals surface area contributed by atoms with Crippen molar-refractivity contribution in [3.8, 4) is 0 Å². The highest BCUT2D eigenvalue weighted by atomic mass is 16.6. The molecule has 0 atom stereocenters. The third-order valence-corrected chi connectivity index (χ3v) is 1.57. The van der Waals surface area contributed by atoms with Crippen LogP contribution >= 0.6 is 0 Å². The van der Waals surface area contributed by atoms with E-state index in [4.69, 9.17) is 9.31 Å². The molecule has 1 aliphatic rings. The molecule has 0 aromatic rings. The Balaban J connectivity index is 2.37. The SMILES string of the molecule is COB(OC)C1=CCC1. The first-order valence-electron chi connectivity index (χ1n) is 3.13. The van der Waals surface area contributed by atoms with Gasteiger partial charge >= 0.3 is 7.12 Å². The highest BCUT2D eigenvalue weighted by Crippen LogP contribution is 2.20. The third-order valence-electron chi connectivity index (χ3n) is 1.57. The van der Waals surface area contributed by atoms with Crippen molar-refractivity contribution in [1.29, 1.82) is 0 Å². The summed E-state index contributed by atoms with van der Waals surface area (Å²) in [4.78, 5) is 0. The first-order valence-corrected chi connectivity index (χ1v) is 3.13. The lowest BCUT2D eigenvalue weighted by molar-refractivity contribution is 0.284. The van der Waals surface area contributed by atoms with Gasteiger partial charge in [-0.2, -0.15) is 0 Å². The molecular formula is C6H11BO2. The molecule has 0 aromatic heterocycles. The van der Waals surface area contributed by atoms with Gasteiger partial charge in [-0.25, -0.2) is 0 Å². The summed E-state index contributed by atoms with van der Waals surface area (Å²) in [6.45, 7) is 0. The molecule has 0 saturated heterocycles. The number of hydrogen-bond donors (Lipinski definition) is 0. The van der Waals surface area contributed by atoms with Crippen LogP contribution < -0.4 is 0 Å². The van der Waals surface area contributed by atoms with Crippen molar-refractivity contribution in [3.05, 3.63) is 11.5 Å². The van der Waals surface area contributed by atoms with Crippen LogP contribution in [0.25, 0.3) is 0 Å². The van der Waals surface area contributed by atoms with E-state index in [0.29, 0.717) is 0 Å². The van der Waals surface area contributed by atoms with Crippen LogP contribution in [0.1, 0.15) is 12.8 Å². The van der Waals surface area contributed by atoms with Gasteiger partial charge in [0.2, 0.25) is 0 Å². The zero-order valence-electron chi connectivity index (χ0n) is 5.89. The van der Waals surface area contributed by atoms with Gasteiger partial charge < -0.3 is 9.31 Å². The first kappa shape index (κ1) is 6.84. The van der Waals surface area contributed by atoms with Crippen molar-refractivity contribution in [3.63, 3.8) is 0 Å². The molecule has 3 heteroatoms. The predicted molar refractivity (Wildman–Crippen MR) is 37.1 cm³/mol. The van der Waals surface area contributed by atoms with Crippen LogP contribution in [0.3, 0.4) is 0 Å². The molecule has 2 nitrogen and oxygen atoms in total. The molecule has 9 heavy (non-hydrogen) atoms. The molecule has 0 aliphatic heterocycles. The number of rotatable bonds is 3. The maximum atomic E-state index is 5.01.